The summed E-state index contributed by atoms with van der Waals surface area (Å²) in [5.41, 5.74) is 0. The number of aromatic nitrogens is 2. The van der Waals surface area contributed by atoms with Crippen LogP contribution in [0.4, 0.5) is 4.79 Å². The average molecular weight is 373 g/mol. The maximum Gasteiger partial charge on any atom is 0.418 e. The van der Waals surface area contributed by atoms with E-state index in [0.717, 1.165) is 25.9 Å². The van der Waals surface area contributed by atoms with E-state index >= 15 is 0 Å². The van der Waals surface area contributed by atoms with E-state index in [0.29, 0.717) is 29.6 Å². The molecule has 4 heterocycles. The lowest BCUT2D eigenvalue weighted by molar-refractivity contribution is -0.0317. The number of nitrogens with zero attached hydrogens (tertiary/aromatic N) is 4. The van der Waals surface area contributed by atoms with Crippen molar-refractivity contribution in [1.29, 1.82) is 0 Å². The summed E-state index contributed by atoms with van der Waals surface area (Å²) in [4.78, 5) is 18.4. The normalized spacial score (nSPS) is 28.0. The number of hydrogen-bond donors (Lipinski definition) is 2. The SMILES string of the molecule is O=C1N(OS(=O)(=O)O)C2CC[C@@H](c3noc(C4CCNCC4)n3)N1C2. The van der Waals surface area contributed by atoms with E-state index < -0.39 is 28.5 Å². The van der Waals surface area contributed by atoms with Gasteiger partial charge in [0, 0.05) is 12.5 Å². The van der Waals surface area contributed by atoms with Gasteiger partial charge in [0.05, 0.1) is 12.1 Å². The van der Waals surface area contributed by atoms with Crippen LogP contribution in [0.3, 0.4) is 0 Å². The summed E-state index contributed by atoms with van der Waals surface area (Å²) in [6.45, 7) is 2.09. The van der Waals surface area contributed by atoms with E-state index in [1.807, 2.05) is 0 Å². The zero-order chi connectivity index (χ0) is 17.6. The molecule has 11 nitrogen and oxygen atoms in total. The van der Waals surface area contributed by atoms with Gasteiger partial charge in [0.25, 0.3) is 0 Å². The predicted molar refractivity (Wildman–Crippen MR) is 81.5 cm³/mol. The van der Waals surface area contributed by atoms with E-state index in [-0.39, 0.29) is 12.5 Å². The molecule has 3 aliphatic heterocycles. The second-order valence-corrected chi connectivity index (χ2v) is 7.53. The fraction of sp³-hybridized carbons (Fsp3) is 0.769. The van der Waals surface area contributed by atoms with Gasteiger partial charge in [0.1, 0.15) is 0 Å². The molecular formula is C13H19N5O6S. The quantitative estimate of drug-likeness (QED) is 0.709. The van der Waals surface area contributed by atoms with Crippen molar-refractivity contribution in [2.45, 2.75) is 43.7 Å². The second kappa shape index (κ2) is 6.20. The minimum atomic E-state index is -4.75. The first-order valence-electron chi connectivity index (χ1n) is 8.23. The predicted octanol–water partition coefficient (Wildman–Crippen LogP) is 0.212. The maximum atomic E-state index is 12.4. The molecule has 0 radical (unpaired) electrons. The van der Waals surface area contributed by atoms with Crippen LogP contribution in [0.5, 0.6) is 0 Å². The van der Waals surface area contributed by atoms with Gasteiger partial charge in [-0.3, -0.25) is 4.55 Å². The van der Waals surface area contributed by atoms with Gasteiger partial charge < -0.3 is 14.7 Å². The van der Waals surface area contributed by atoms with Crippen LogP contribution in [-0.4, -0.2) is 64.8 Å². The van der Waals surface area contributed by atoms with Crippen molar-refractivity contribution in [3.05, 3.63) is 11.7 Å². The zero-order valence-electron chi connectivity index (χ0n) is 13.4. The fourth-order valence-corrected chi connectivity index (χ4v) is 4.11. The molecule has 0 saturated carbocycles. The molecule has 0 aliphatic carbocycles. The van der Waals surface area contributed by atoms with Crippen LogP contribution in [0.15, 0.2) is 4.52 Å². The highest BCUT2D eigenvalue weighted by Crippen LogP contribution is 2.38. The zero-order valence-corrected chi connectivity index (χ0v) is 14.2. The largest absolute Gasteiger partial charge is 0.418 e. The number of nitrogens with one attached hydrogen (secondary N) is 1. The Morgan fingerprint density at radius 2 is 2.00 bits per heavy atom. The summed E-state index contributed by atoms with van der Waals surface area (Å²) in [5.74, 6) is 1.22. The number of urea groups is 1. The molecule has 2 bridgehead atoms. The lowest BCUT2D eigenvalue weighted by Crippen LogP contribution is -2.35. The number of piperidine rings is 2. The molecular weight excluding hydrogens is 354 g/mol. The molecule has 12 heteroatoms. The number of fused-ring (bicyclic) bond motifs is 2. The van der Waals surface area contributed by atoms with Crippen molar-refractivity contribution in [1.82, 2.24) is 25.4 Å². The van der Waals surface area contributed by atoms with Gasteiger partial charge in [-0.05, 0) is 38.8 Å². The van der Waals surface area contributed by atoms with E-state index in [9.17, 15) is 13.2 Å². The number of carbonyl (C=O) groups is 1. The second-order valence-electron chi connectivity index (χ2n) is 6.53. The Hall–Kier alpha value is -1.76. The molecule has 3 aliphatic rings. The molecule has 3 fully saturated rings. The lowest BCUT2D eigenvalue weighted by Gasteiger charge is -2.27. The van der Waals surface area contributed by atoms with Crippen LogP contribution >= 0.6 is 0 Å². The molecule has 0 spiro atoms. The molecule has 1 unspecified atom stereocenters. The van der Waals surface area contributed by atoms with Crippen LogP contribution in [0.25, 0.3) is 0 Å². The Labute approximate surface area is 144 Å². The number of rotatable bonds is 4. The highest BCUT2D eigenvalue weighted by Gasteiger charge is 2.49. The molecule has 138 valence electrons. The van der Waals surface area contributed by atoms with Gasteiger partial charge in [0.15, 0.2) is 5.82 Å². The minimum absolute atomic E-state index is 0.215. The van der Waals surface area contributed by atoms with Gasteiger partial charge in [0.2, 0.25) is 5.89 Å². The Kier molecular flexibility index (Phi) is 4.14. The van der Waals surface area contributed by atoms with E-state index in [2.05, 4.69) is 19.7 Å². The Morgan fingerprint density at radius 1 is 1.24 bits per heavy atom. The molecule has 2 atom stereocenters. The Morgan fingerprint density at radius 3 is 2.72 bits per heavy atom. The van der Waals surface area contributed by atoms with Gasteiger partial charge >= 0.3 is 16.4 Å². The van der Waals surface area contributed by atoms with E-state index in [1.54, 1.807) is 0 Å². The molecule has 2 amide bonds. The summed E-state index contributed by atoms with van der Waals surface area (Å²) in [6.07, 6.45) is 2.92. The molecule has 1 aromatic rings. The number of carbonyl (C=O) groups excluding carboxylic acids is 1. The van der Waals surface area contributed by atoms with Crippen molar-refractivity contribution in [3.63, 3.8) is 0 Å². The minimum Gasteiger partial charge on any atom is -0.339 e. The fourth-order valence-electron chi connectivity index (χ4n) is 3.72. The third kappa shape index (κ3) is 3.21. The van der Waals surface area contributed by atoms with Crippen LogP contribution in [0.1, 0.15) is 49.4 Å². The first-order valence-corrected chi connectivity index (χ1v) is 9.60. The van der Waals surface area contributed by atoms with Crippen molar-refractivity contribution in [3.8, 4) is 0 Å². The standard InChI is InChI=1S/C13H19N5O6S/c19-13-17-7-9(18(13)24-25(20,21)22)1-2-10(17)11-15-12(23-16-11)8-3-5-14-6-4-8/h8-10,14H,1-7H2,(H,20,21,22)/t9?,10-/m0/s1. The Bertz CT molecular complexity index is 761. The number of hydroxylamine groups is 2. The van der Waals surface area contributed by atoms with Crippen molar-refractivity contribution in [2.24, 2.45) is 0 Å². The highest BCUT2D eigenvalue weighted by molar-refractivity contribution is 7.80. The van der Waals surface area contributed by atoms with E-state index in [4.69, 9.17) is 9.08 Å². The lowest BCUT2D eigenvalue weighted by atomic mass is 9.98. The maximum absolute atomic E-state index is 12.4. The molecule has 2 N–H and O–H groups in total. The number of amides is 2. The average Bonchev–Trinajstić information content (AvgIpc) is 3.16. The summed E-state index contributed by atoms with van der Waals surface area (Å²) in [7, 11) is -4.75. The van der Waals surface area contributed by atoms with Gasteiger partial charge in [-0.25, -0.2) is 4.79 Å². The molecule has 0 aromatic carbocycles. The van der Waals surface area contributed by atoms with Crippen LogP contribution in [0, 0.1) is 0 Å². The van der Waals surface area contributed by atoms with Crippen molar-refractivity contribution >= 4 is 16.4 Å². The van der Waals surface area contributed by atoms with Crippen LogP contribution < -0.4 is 5.32 Å². The van der Waals surface area contributed by atoms with Gasteiger partial charge in [-0.15, -0.1) is 4.28 Å². The van der Waals surface area contributed by atoms with Crippen LogP contribution in [-0.2, 0) is 14.7 Å². The third-order valence-corrected chi connectivity index (χ3v) is 5.29. The first-order chi connectivity index (χ1) is 11.9. The molecule has 4 rings (SSSR count). The third-order valence-electron chi connectivity index (χ3n) is 4.94. The van der Waals surface area contributed by atoms with E-state index in [1.165, 1.54) is 4.90 Å². The molecule has 25 heavy (non-hydrogen) atoms. The Balaban J connectivity index is 1.51. The summed E-state index contributed by atoms with van der Waals surface area (Å²) in [5, 5.41) is 8.02. The van der Waals surface area contributed by atoms with Crippen molar-refractivity contribution < 1.29 is 26.6 Å². The summed E-state index contributed by atoms with van der Waals surface area (Å²) < 4.78 is 40.5. The van der Waals surface area contributed by atoms with Crippen molar-refractivity contribution in [2.75, 3.05) is 19.6 Å². The van der Waals surface area contributed by atoms with Crippen LogP contribution in [0.2, 0.25) is 0 Å². The summed E-state index contributed by atoms with van der Waals surface area (Å²) in [6, 6.07) is -1.45. The highest BCUT2D eigenvalue weighted by atomic mass is 32.3. The molecule has 1 aromatic heterocycles. The smallest absolute Gasteiger partial charge is 0.339 e. The monoisotopic (exact) mass is 373 g/mol. The van der Waals surface area contributed by atoms with Gasteiger partial charge in [-0.1, -0.05) is 5.16 Å². The molecule has 3 saturated heterocycles. The summed E-state index contributed by atoms with van der Waals surface area (Å²) >= 11 is 0. The number of hydrogen-bond acceptors (Lipinski definition) is 8. The first kappa shape index (κ1) is 16.7. The topological polar surface area (TPSA) is 138 Å². The van der Waals surface area contributed by atoms with Gasteiger partial charge in [-0.2, -0.15) is 18.5 Å².